The number of imidazole rings is 1. The molecule has 0 atom stereocenters. The SMILES string of the molecule is Fc1ccccc1OCc1cn2cccc(Cl)c2n1. The zero-order valence-electron chi connectivity index (χ0n) is 9.88. The molecule has 0 amide bonds. The van der Waals surface area contributed by atoms with Crippen molar-refractivity contribution in [3.63, 3.8) is 0 Å². The number of hydrogen-bond acceptors (Lipinski definition) is 2. The highest BCUT2D eigenvalue weighted by atomic mass is 35.5. The molecule has 0 N–H and O–H groups in total. The molecule has 0 aliphatic heterocycles. The molecule has 0 bridgehead atoms. The summed E-state index contributed by atoms with van der Waals surface area (Å²) in [6.45, 7) is 0.193. The van der Waals surface area contributed by atoms with Crippen molar-refractivity contribution in [2.24, 2.45) is 0 Å². The number of aromatic nitrogens is 2. The predicted octanol–water partition coefficient (Wildman–Crippen LogP) is 3.71. The van der Waals surface area contributed by atoms with Crippen LogP contribution in [0.15, 0.2) is 48.8 Å². The standard InChI is InChI=1S/C14H10ClFN2O/c15-11-4-3-7-18-8-10(17-14(11)18)9-19-13-6-2-1-5-12(13)16/h1-8H,9H2. The zero-order valence-corrected chi connectivity index (χ0v) is 10.6. The van der Waals surface area contributed by atoms with Gasteiger partial charge in [-0.15, -0.1) is 0 Å². The number of benzene rings is 1. The van der Waals surface area contributed by atoms with Crippen LogP contribution in [0.1, 0.15) is 5.69 Å². The molecule has 2 aromatic heterocycles. The fraction of sp³-hybridized carbons (Fsp3) is 0.0714. The molecule has 5 heteroatoms. The third-order valence-electron chi connectivity index (χ3n) is 2.70. The third-order valence-corrected chi connectivity index (χ3v) is 2.99. The second kappa shape index (κ2) is 4.90. The van der Waals surface area contributed by atoms with Gasteiger partial charge in [-0.2, -0.15) is 0 Å². The van der Waals surface area contributed by atoms with Gasteiger partial charge >= 0.3 is 0 Å². The maximum Gasteiger partial charge on any atom is 0.165 e. The smallest absolute Gasteiger partial charge is 0.165 e. The summed E-state index contributed by atoms with van der Waals surface area (Å²) in [5.41, 5.74) is 1.35. The van der Waals surface area contributed by atoms with Gasteiger partial charge in [0.25, 0.3) is 0 Å². The lowest BCUT2D eigenvalue weighted by Crippen LogP contribution is -1.97. The molecule has 0 saturated carbocycles. The van der Waals surface area contributed by atoms with Crippen molar-refractivity contribution < 1.29 is 9.13 Å². The summed E-state index contributed by atoms with van der Waals surface area (Å²) in [6, 6.07) is 9.88. The summed E-state index contributed by atoms with van der Waals surface area (Å²) >= 11 is 6.03. The number of hydrogen-bond donors (Lipinski definition) is 0. The summed E-state index contributed by atoms with van der Waals surface area (Å²) < 4.78 is 20.6. The highest BCUT2D eigenvalue weighted by Gasteiger charge is 2.07. The predicted molar refractivity (Wildman–Crippen MR) is 70.9 cm³/mol. The number of fused-ring (bicyclic) bond motifs is 1. The van der Waals surface area contributed by atoms with Crippen molar-refractivity contribution in [3.8, 4) is 5.75 Å². The van der Waals surface area contributed by atoms with Crippen molar-refractivity contribution >= 4 is 17.2 Å². The Morgan fingerprint density at radius 2 is 2.05 bits per heavy atom. The number of nitrogens with zero attached hydrogens (tertiary/aromatic N) is 2. The molecular weight excluding hydrogens is 267 g/mol. The van der Waals surface area contributed by atoms with Crippen LogP contribution in [0.5, 0.6) is 5.75 Å². The molecule has 0 unspecified atom stereocenters. The van der Waals surface area contributed by atoms with E-state index in [-0.39, 0.29) is 18.2 Å². The molecule has 0 radical (unpaired) electrons. The van der Waals surface area contributed by atoms with E-state index in [1.165, 1.54) is 6.07 Å². The van der Waals surface area contributed by atoms with Crippen molar-refractivity contribution in [3.05, 3.63) is 65.3 Å². The maximum atomic E-state index is 13.4. The van der Waals surface area contributed by atoms with Crippen LogP contribution in [-0.4, -0.2) is 9.38 Å². The zero-order chi connectivity index (χ0) is 13.2. The fourth-order valence-electron chi connectivity index (χ4n) is 1.81. The van der Waals surface area contributed by atoms with Crippen LogP contribution >= 0.6 is 11.6 Å². The number of pyridine rings is 1. The molecule has 3 rings (SSSR count). The van der Waals surface area contributed by atoms with Gasteiger partial charge in [-0.25, -0.2) is 9.37 Å². The summed E-state index contributed by atoms with van der Waals surface area (Å²) in [7, 11) is 0. The van der Waals surface area contributed by atoms with Gasteiger partial charge in [0.15, 0.2) is 17.2 Å². The van der Waals surface area contributed by atoms with Crippen LogP contribution in [0, 0.1) is 5.82 Å². The van der Waals surface area contributed by atoms with Gasteiger partial charge < -0.3 is 9.14 Å². The first kappa shape index (κ1) is 12.0. The van der Waals surface area contributed by atoms with E-state index in [2.05, 4.69) is 4.98 Å². The Bertz CT molecular complexity index is 726. The van der Waals surface area contributed by atoms with Gasteiger partial charge in [-0.3, -0.25) is 0 Å². The fourth-order valence-corrected chi connectivity index (χ4v) is 2.03. The number of para-hydroxylation sites is 1. The van der Waals surface area contributed by atoms with E-state index in [1.807, 2.05) is 22.9 Å². The van der Waals surface area contributed by atoms with Gasteiger partial charge in [0.1, 0.15) is 6.61 Å². The summed E-state index contributed by atoms with van der Waals surface area (Å²) in [4.78, 5) is 4.34. The molecule has 2 heterocycles. The van der Waals surface area contributed by atoms with E-state index in [4.69, 9.17) is 16.3 Å². The van der Waals surface area contributed by atoms with Crippen LogP contribution in [0.2, 0.25) is 5.02 Å². The number of ether oxygens (including phenoxy) is 1. The monoisotopic (exact) mass is 276 g/mol. The summed E-state index contributed by atoms with van der Waals surface area (Å²) in [6.07, 6.45) is 3.66. The molecule has 0 spiro atoms. The van der Waals surface area contributed by atoms with Crippen molar-refractivity contribution in [2.75, 3.05) is 0 Å². The minimum Gasteiger partial charge on any atom is -0.484 e. The van der Waals surface area contributed by atoms with E-state index in [1.54, 1.807) is 24.3 Å². The maximum absolute atomic E-state index is 13.4. The lowest BCUT2D eigenvalue weighted by molar-refractivity contribution is 0.286. The van der Waals surface area contributed by atoms with Crippen molar-refractivity contribution in [1.29, 1.82) is 0 Å². The highest BCUT2D eigenvalue weighted by Crippen LogP contribution is 2.19. The van der Waals surface area contributed by atoms with Gasteiger partial charge in [0, 0.05) is 12.4 Å². The molecule has 0 aliphatic rings. The van der Waals surface area contributed by atoms with E-state index in [0.29, 0.717) is 16.4 Å². The van der Waals surface area contributed by atoms with Gasteiger partial charge in [-0.05, 0) is 24.3 Å². The van der Waals surface area contributed by atoms with E-state index in [0.717, 1.165) is 0 Å². The average molecular weight is 277 g/mol. The Hall–Kier alpha value is -2.07. The summed E-state index contributed by atoms with van der Waals surface area (Å²) in [5.74, 6) is -0.171. The Morgan fingerprint density at radius 1 is 1.21 bits per heavy atom. The number of rotatable bonds is 3. The topological polar surface area (TPSA) is 26.5 Å². The van der Waals surface area contributed by atoms with E-state index >= 15 is 0 Å². The second-order valence-corrected chi connectivity index (χ2v) is 4.45. The van der Waals surface area contributed by atoms with Gasteiger partial charge in [0.05, 0.1) is 10.7 Å². The molecule has 3 nitrogen and oxygen atoms in total. The molecule has 1 aromatic carbocycles. The Kier molecular flexibility index (Phi) is 3.09. The van der Waals surface area contributed by atoms with Crippen LogP contribution in [-0.2, 0) is 6.61 Å². The largest absolute Gasteiger partial charge is 0.484 e. The normalized spacial score (nSPS) is 10.8. The van der Waals surface area contributed by atoms with Crippen LogP contribution in [0.4, 0.5) is 4.39 Å². The lowest BCUT2D eigenvalue weighted by atomic mass is 10.3. The minimum atomic E-state index is -0.385. The molecule has 0 saturated heterocycles. The second-order valence-electron chi connectivity index (χ2n) is 4.04. The van der Waals surface area contributed by atoms with Gasteiger partial charge in [0.2, 0.25) is 0 Å². The van der Waals surface area contributed by atoms with E-state index in [9.17, 15) is 4.39 Å². The first-order valence-electron chi connectivity index (χ1n) is 5.73. The molecule has 3 aromatic rings. The van der Waals surface area contributed by atoms with Crippen LogP contribution in [0.3, 0.4) is 0 Å². The van der Waals surface area contributed by atoms with Crippen LogP contribution < -0.4 is 4.74 Å². The molecule has 19 heavy (non-hydrogen) atoms. The lowest BCUT2D eigenvalue weighted by Gasteiger charge is -2.04. The van der Waals surface area contributed by atoms with E-state index < -0.39 is 0 Å². The molecular formula is C14H10ClFN2O. The molecule has 0 aliphatic carbocycles. The Labute approximate surface area is 114 Å². The minimum absolute atomic E-state index is 0.193. The van der Waals surface area contributed by atoms with Crippen LogP contribution in [0.25, 0.3) is 5.65 Å². The van der Waals surface area contributed by atoms with Crippen molar-refractivity contribution in [2.45, 2.75) is 6.61 Å². The highest BCUT2D eigenvalue weighted by molar-refractivity contribution is 6.33. The summed E-state index contributed by atoms with van der Waals surface area (Å²) in [5, 5.41) is 0.569. The average Bonchev–Trinajstić information content (AvgIpc) is 2.82. The first-order chi connectivity index (χ1) is 9.24. The first-order valence-corrected chi connectivity index (χ1v) is 6.11. The molecule has 96 valence electrons. The quantitative estimate of drug-likeness (QED) is 0.729. The Morgan fingerprint density at radius 3 is 2.84 bits per heavy atom. The number of halogens is 2. The molecule has 0 fully saturated rings. The van der Waals surface area contributed by atoms with Crippen molar-refractivity contribution in [1.82, 2.24) is 9.38 Å². The van der Waals surface area contributed by atoms with Gasteiger partial charge in [-0.1, -0.05) is 23.7 Å². The third kappa shape index (κ3) is 2.39. The Balaban J connectivity index is 1.83.